The van der Waals surface area contributed by atoms with Gasteiger partial charge in [-0.1, -0.05) is 60.7 Å². The normalized spacial score (nSPS) is 10.5. The van der Waals surface area contributed by atoms with Crippen molar-refractivity contribution in [3.05, 3.63) is 78.9 Å². The fourth-order valence-corrected chi connectivity index (χ4v) is 2.64. The van der Waals surface area contributed by atoms with E-state index in [1.54, 1.807) is 18.2 Å². The van der Waals surface area contributed by atoms with Gasteiger partial charge in [0.05, 0.1) is 12.2 Å². The molecular formula is C21H18F2N2O2. The molecule has 0 saturated heterocycles. The van der Waals surface area contributed by atoms with Gasteiger partial charge in [0, 0.05) is 11.3 Å². The Balaban J connectivity index is 1.68. The highest BCUT2D eigenvalue weighted by molar-refractivity contribution is 5.97. The summed E-state index contributed by atoms with van der Waals surface area (Å²) in [6, 6.07) is 23.4. The minimum absolute atomic E-state index is 0.00927. The maximum Gasteiger partial charge on any atom is 0.387 e. The summed E-state index contributed by atoms with van der Waals surface area (Å²) in [5.41, 5.74) is 2.88. The van der Waals surface area contributed by atoms with Crippen molar-refractivity contribution >= 4 is 17.3 Å². The van der Waals surface area contributed by atoms with E-state index in [9.17, 15) is 13.6 Å². The minimum Gasteiger partial charge on any atom is -0.433 e. The van der Waals surface area contributed by atoms with Crippen LogP contribution in [-0.2, 0) is 4.79 Å². The van der Waals surface area contributed by atoms with Crippen LogP contribution in [0.3, 0.4) is 0 Å². The van der Waals surface area contributed by atoms with Gasteiger partial charge >= 0.3 is 6.61 Å². The average Bonchev–Trinajstić information content (AvgIpc) is 2.68. The lowest BCUT2D eigenvalue weighted by atomic mass is 10.0. The van der Waals surface area contributed by atoms with E-state index in [4.69, 9.17) is 0 Å². The van der Waals surface area contributed by atoms with Crippen molar-refractivity contribution in [2.24, 2.45) is 0 Å². The van der Waals surface area contributed by atoms with Crippen molar-refractivity contribution in [3.8, 4) is 16.9 Å². The molecule has 0 aromatic heterocycles. The molecule has 1 amide bonds. The zero-order valence-corrected chi connectivity index (χ0v) is 14.4. The number of halogens is 2. The van der Waals surface area contributed by atoms with Crippen molar-refractivity contribution in [3.63, 3.8) is 0 Å². The van der Waals surface area contributed by atoms with Gasteiger partial charge < -0.3 is 15.4 Å². The fourth-order valence-electron chi connectivity index (χ4n) is 2.64. The van der Waals surface area contributed by atoms with Gasteiger partial charge in [0.15, 0.2) is 0 Å². The van der Waals surface area contributed by atoms with E-state index in [1.165, 1.54) is 6.07 Å². The van der Waals surface area contributed by atoms with E-state index < -0.39 is 6.61 Å². The van der Waals surface area contributed by atoms with Crippen LogP contribution >= 0.6 is 0 Å². The molecule has 4 nitrogen and oxygen atoms in total. The first-order valence-corrected chi connectivity index (χ1v) is 8.35. The van der Waals surface area contributed by atoms with E-state index in [-0.39, 0.29) is 18.2 Å². The summed E-state index contributed by atoms with van der Waals surface area (Å²) in [4.78, 5) is 12.3. The summed E-state index contributed by atoms with van der Waals surface area (Å²) in [5.74, 6) is -0.310. The van der Waals surface area contributed by atoms with Gasteiger partial charge in [-0.3, -0.25) is 4.79 Å². The smallest absolute Gasteiger partial charge is 0.387 e. The summed E-state index contributed by atoms with van der Waals surface area (Å²) in [7, 11) is 0. The molecule has 138 valence electrons. The van der Waals surface area contributed by atoms with Crippen LogP contribution in [-0.4, -0.2) is 19.1 Å². The van der Waals surface area contributed by atoms with Crippen LogP contribution in [0, 0.1) is 0 Å². The van der Waals surface area contributed by atoms with Gasteiger partial charge in [-0.15, -0.1) is 0 Å². The Morgan fingerprint density at radius 2 is 1.48 bits per heavy atom. The number of carbonyl (C=O) groups is 1. The molecule has 27 heavy (non-hydrogen) atoms. The Hall–Kier alpha value is -3.41. The van der Waals surface area contributed by atoms with Crippen molar-refractivity contribution in [2.75, 3.05) is 17.2 Å². The molecule has 0 aliphatic carbocycles. The molecule has 6 heteroatoms. The summed E-state index contributed by atoms with van der Waals surface area (Å²) in [6.07, 6.45) is 0. The molecule has 0 heterocycles. The van der Waals surface area contributed by atoms with Crippen molar-refractivity contribution in [2.45, 2.75) is 6.61 Å². The second kappa shape index (κ2) is 8.80. The first-order chi connectivity index (χ1) is 13.1. The maximum absolute atomic E-state index is 12.5. The van der Waals surface area contributed by atoms with Crippen LogP contribution in [0.1, 0.15) is 0 Å². The number of alkyl halides is 2. The Bertz CT molecular complexity index is 901. The summed E-state index contributed by atoms with van der Waals surface area (Å²) >= 11 is 0. The van der Waals surface area contributed by atoms with Crippen LogP contribution < -0.4 is 15.4 Å². The van der Waals surface area contributed by atoms with E-state index in [0.29, 0.717) is 11.4 Å². The number of benzene rings is 3. The molecule has 0 bridgehead atoms. The summed E-state index contributed by atoms with van der Waals surface area (Å²) < 4.78 is 29.4. The molecule has 3 aromatic carbocycles. The summed E-state index contributed by atoms with van der Waals surface area (Å²) in [5, 5.41) is 5.68. The van der Waals surface area contributed by atoms with Crippen LogP contribution in [0.5, 0.6) is 5.75 Å². The number of nitrogens with one attached hydrogen (secondary N) is 2. The zero-order valence-electron chi connectivity index (χ0n) is 14.4. The highest BCUT2D eigenvalue weighted by atomic mass is 19.3. The molecule has 0 unspecified atom stereocenters. The first-order valence-electron chi connectivity index (χ1n) is 8.35. The van der Waals surface area contributed by atoms with Gasteiger partial charge in [-0.05, 0) is 23.8 Å². The van der Waals surface area contributed by atoms with Crippen LogP contribution in [0.15, 0.2) is 78.9 Å². The highest BCUT2D eigenvalue weighted by Crippen LogP contribution is 2.28. The molecule has 3 aromatic rings. The molecule has 0 fully saturated rings. The number of anilines is 2. The van der Waals surface area contributed by atoms with Crippen LogP contribution in [0.4, 0.5) is 20.2 Å². The Morgan fingerprint density at radius 3 is 2.22 bits per heavy atom. The van der Waals surface area contributed by atoms with Crippen molar-refractivity contribution < 1.29 is 18.3 Å². The summed E-state index contributed by atoms with van der Waals surface area (Å²) in [6.45, 7) is -3.02. The Labute approximate surface area is 155 Å². The lowest BCUT2D eigenvalue weighted by molar-refractivity contribution is -0.114. The highest BCUT2D eigenvalue weighted by Gasteiger charge is 2.11. The van der Waals surface area contributed by atoms with Crippen LogP contribution in [0.2, 0.25) is 0 Å². The van der Waals surface area contributed by atoms with Crippen molar-refractivity contribution in [1.29, 1.82) is 0 Å². The number of hydrogen-bond acceptors (Lipinski definition) is 3. The van der Waals surface area contributed by atoms with Gasteiger partial charge in [-0.2, -0.15) is 8.78 Å². The van der Waals surface area contributed by atoms with E-state index >= 15 is 0 Å². The fraction of sp³-hybridized carbons (Fsp3) is 0.0952. The molecule has 0 aliphatic rings. The lowest BCUT2D eigenvalue weighted by Gasteiger charge is -2.14. The first kappa shape index (κ1) is 18.4. The third kappa shape index (κ3) is 5.04. The monoisotopic (exact) mass is 368 g/mol. The van der Waals surface area contributed by atoms with Gasteiger partial charge in [0.1, 0.15) is 5.75 Å². The van der Waals surface area contributed by atoms with E-state index in [2.05, 4.69) is 15.4 Å². The average molecular weight is 368 g/mol. The van der Waals surface area contributed by atoms with Gasteiger partial charge in [0.25, 0.3) is 0 Å². The molecule has 0 atom stereocenters. The van der Waals surface area contributed by atoms with Gasteiger partial charge in [0.2, 0.25) is 5.91 Å². The lowest BCUT2D eigenvalue weighted by Crippen LogP contribution is -2.22. The molecule has 3 rings (SSSR count). The SMILES string of the molecule is O=C(CNc1ccccc1OC(F)F)Nc1ccccc1-c1ccccc1. The molecule has 0 saturated carbocycles. The quantitative estimate of drug-likeness (QED) is 0.617. The third-order valence-corrected chi connectivity index (χ3v) is 3.83. The number of carbonyl (C=O) groups excluding carboxylic acids is 1. The maximum atomic E-state index is 12.5. The second-order valence-corrected chi connectivity index (χ2v) is 5.69. The minimum atomic E-state index is -2.93. The predicted octanol–water partition coefficient (Wildman–Crippen LogP) is 5.01. The van der Waals surface area contributed by atoms with Crippen molar-refractivity contribution in [1.82, 2.24) is 0 Å². The third-order valence-electron chi connectivity index (χ3n) is 3.83. The Kier molecular flexibility index (Phi) is 5.99. The molecular weight excluding hydrogens is 350 g/mol. The zero-order chi connectivity index (χ0) is 19.1. The largest absolute Gasteiger partial charge is 0.433 e. The second-order valence-electron chi connectivity index (χ2n) is 5.69. The molecule has 0 spiro atoms. The number of rotatable bonds is 7. The number of amides is 1. The number of ether oxygens (including phenoxy) is 1. The standard InChI is InChI=1S/C21H18F2N2O2/c22-21(23)27-19-13-7-6-12-18(19)24-14-20(26)25-17-11-5-4-10-16(17)15-8-2-1-3-9-15/h1-13,21,24H,14H2,(H,25,26). The van der Waals surface area contributed by atoms with E-state index in [1.807, 2.05) is 54.6 Å². The predicted molar refractivity (Wildman–Crippen MR) is 102 cm³/mol. The van der Waals surface area contributed by atoms with Crippen LogP contribution in [0.25, 0.3) is 11.1 Å². The molecule has 0 radical (unpaired) electrons. The molecule has 2 N–H and O–H groups in total. The topological polar surface area (TPSA) is 50.4 Å². The number of para-hydroxylation sites is 3. The Morgan fingerprint density at radius 1 is 0.852 bits per heavy atom. The van der Waals surface area contributed by atoms with E-state index in [0.717, 1.165) is 11.1 Å². The molecule has 0 aliphatic heterocycles. The number of hydrogen-bond donors (Lipinski definition) is 2. The van der Waals surface area contributed by atoms with Gasteiger partial charge in [-0.25, -0.2) is 0 Å².